The molecule has 8 heteroatoms. The lowest BCUT2D eigenvalue weighted by Gasteiger charge is -2.22. The number of hydrogen-bond acceptors (Lipinski definition) is 7. The van der Waals surface area contributed by atoms with Crippen LogP contribution >= 0.6 is 0 Å². The van der Waals surface area contributed by atoms with Crippen molar-refractivity contribution < 1.29 is 28.8 Å². The molecule has 0 radical (unpaired) electrons. The molecule has 0 aliphatic heterocycles. The second-order valence-corrected chi connectivity index (χ2v) is 7.29. The maximum absolute atomic E-state index is 12.3. The van der Waals surface area contributed by atoms with Crippen LogP contribution < -0.4 is 11.4 Å². The van der Waals surface area contributed by atoms with E-state index in [1.165, 1.54) is 18.2 Å². The Labute approximate surface area is 142 Å². The Kier molecular flexibility index (Phi) is 6.16. The van der Waals surface area contributed by atoms with Gasteiger partial charge >= 0.3 is 19.1 Å². The van der Waals surface area contributed by atoms with Gasteiger partial charge < -0.3 is 19.3 Å². The van der Waals surface area contributed by atoms with Crippen molar-refractivity contribution in [3.63, 3.8) is 0 Å². The summed E-state index contributed by atoms with van der Waals surface area (Å²) < 4.78 is 14.9. The van der Waals surface area contributed by atoms with E-state index in [1.807, 2.05) is 0 Å². The minimum atomic E-state index is -1.59. The van der Waals surface area contributed by atoms with Crippen LogP contribution in [-0.2, 0) is 14.2 Å². The second kappa shape index (κ2) is 7.33. The Balaban J connectivity index is 3.23. The highest BCUT2D eigenvalue weighted by atomic mass is 16.6. The molecule has 0 unspecified atom stereocenters. The normalized spacial score (nSPS) is 11.8. The van der Waals surface area contributed by atoms with E-state index in [4.69, 9.17) is 15.4 Å². The summed E-state index contributed by atoms with van der Waals surface area (Å²) in [4.78, 5) is 24.4. The monoisotopic (exact) mass is 337 g/mol. The van der Waals surface area contributed by atoms with Gasteiger partial charge in [-0.25, -0.2) is 15.5 Å². The van der Waals surface area contributed by atoms with Crippen molar-refractivity contribution in [3.8, 4) is 0 Å². The SMILES string of the molecule is CC(C)(C)OC(=O)c1ccc(C(=O)OC(C)(C)C)c(B(O)ON)c1. The number of ether oxygens (including phenoxy) is 2. The van der Waals surface area contributed by atoms with Crippen molar-refractivity contribution in [2.24, 2.45) is 5.90 Å². The maximum Gasteiger partial charge on any atom is 0.509 e. The number of esters is 2. The molecule has 0 aromatic heterocycles. The molecular formula is C16H24BNO6. The van der Waals surface area contributed by atoms with Crippen LogP contribution in [-0.4, -0.2) is 35.3 Å². The molecule has 0 amide bonds. The van der Waals surface area contributed by atoms with Gasteiger partial charge in [0, 0.05) is 0 Å². The molecule has 0 saturated heterocycles. The fourth-order valence-corrected chi connectivity index (χ4v) is 1.82. The van der Waals surface area contributed by atoms with Gasteiger partial charge in [-0.15, -0.1) is 0 Å². The number of hydrogen-bond donors (Lipinski definition) is 2. The molecule has 0 bridgehead atoms. The van der Waals surface area contributed by atoms with Gasteiger partial charge in [-0.2, -0.15) is 0 Å². The molecule has 1 aromatic rings. The summed E-state index contributed by atoms with van der Waals surface area (Å²) in [6.45, 7) is 10.4. The molecule has 3 N–H and O–H groups in total. The second-order valence-electron chi connectivity index (χ2n) is 7.29. The Morgan fingerprint density at radius 2 is 1.50 bits per heavy atom. The predicted molar refractivity (Wildman–Crippen MR) is 89.7 cm³/mol. The zero-order valence-corrected chi connectivity index (χ0v) is 14.9. The van der Waals surface area contributed by atoms with Crippen molar-refractivity contribution in [2.75, 3.05) is 0 Å². The average Bonchev–Trinajstić information content (AvgIpc) is 2.42. The third-order valence-electron chi connectivity index (χ3n) is 2.70. The molecule has 7 nitrogen and oxygen atoms in total. The predicted octanol–water partition coefficient (Wildman–Crippen LogP) is 1.17. The zero-order chi connectivity index (χ0) is 18.7. The van der Waals surface area contributed by atoms with Crippen LogP contribution in [0.25, 0.3) is 0 Å². The van der Waals surface area contributed by atoms with Crippen LogP contribution in [0.3, 0.4) is 0 Å². The molecule has 0 aliphatic carbocycles. The first-order chi connectivity index (χ1) is 10.8. The maximum atomic E-state index is 12.3. The highest BCUT2D eigenvalue weighted by molar-refractivity contribution is 6.61. The number of rotatable bonds is 4. The summed E-state index contributed by atoms with van der Waals surface area (Å²) in [5, 5.41) is 9.89. The van der Waals surface area contributed by atoms with Crippen LogP contribution in [0.4, 0.5) is 0 Å². The first-order valence-electron chi connectivity index (χ1n) is 7.48. The molecule has 0 atom stereocenters. The summed E-state index contributed by atoms with van der Waals surface area (Å²) >= 11 is 0. The third kappa shape index (κ3) is 5.95. The smallest absolute Gasteiger partial charge is 0.456 e. The van der Waals surface area contributed by atoms with Crippen LogP contribution in [0.15, 0.2) is 18.2 Å². The van der Waals surface area contributed by atoms with E-state index in [0.717, 1.165) is 0 Å². The third-order valence-corrected chi connectivity index (χ3v) is 2.70. The van der Waals surface area contributed by atoms with Gasteiger partial charge in [0.05, 0.1) is 11.1 Å². The van der Waals surface area contributed by atoms with Crippen molar-refractivity contribution >= 4 is 24.5 Å². The Morgan fingerprint density at radius 1 is 1.00 bits per heavy atom. The van der Waals surface area contributed by atoms with Gasteiger partial charge in [0.1, 0.15) is 11.2 Å². The summed E-state index contributed by atoms with van der Waals surface area (Å²) in [7, 11) is -1.59. The standard InChI is InChI=1S/C16H24BNO6/c1-15(2,3)22-13(19)10-7-8-11(12(9-10)17(21)24-18)14(20)23-16(4,5)6/h7-9,21H,18H2,1-6H3. The van der Waals surface area contributed by atoms with Crippen molar-refractivity contribution in [1.82, 2.24) is 0 Å². The molecule has 24 heavy (non-hydrogen) atoms. The summed E-state index contributed by atoms with van der Waals surface area (Å²) in [5.41, 5.74) is -1.16. The van der Waals surface area contributed by atoms with E-state index >= 15 is 0 Å². The molecule has 0 spiro atoms. The number of nitrogens with two attached hydrogens (primary N) is 1. The first-order valence-corrected chi connectivity index (χ1v) is 7.48. The number of carbonyl (C=O) groups is 2. The minimum absolute atomic E-state index is 0.0232. The Hall–Kier alpha value is -1.90. The Morgan fingerprint density at radius 3 is 1.96 bits per heavy atom. The fraction of sp³-hybridized carbons (Fsp3) is 0.500. The van der Waals surface area contributed by atoms with Gasteiger partial charge in [0.2, 0.25) is 0 Å². The molecule has 1 rings (SSSR count). The first kappa shape index (κ1) is 20.2. The zero-order valence-electron chi connectivity index (χ0n) is 14.9. The number of carbonyl (C=O) groups excluding carboxylic acids is 2. The van der Waals surface area contributed by atoms with Crippen molar-refractivity contribution in [1.29, 1.82) is 0 Å². The summed E-state index contributed by atoms with van der Waals surface area (Å²) in [6, 6.07) is 4.08. The van der Waals surface area contributed by atoms with E-state index < -0.39 is 30.3 Å². The average molecular weight is 337 g/mol. The van der Waals surface area contributed by atoms with E-state index in [1.54, 1.807) is 41.5 Å². The van der Waals surface area contributed by atoms with E-state index in [9.17, 15) is 14.6 Å². The molecule has 0 saturated carbocycles. The summed E-state index contributed by atoms with van der Waals surface area (Å²) in [5.74, 6) is 3.75. The van der Waals surface area contributed by atoms with Gasteiger partial charge in [-0.3, -0.25) is 0 Å². The highest BCUT2D eigenvalue weighted by Gasteiger charge is 2.28. The van der Waals surface area contributed by atoms with Crippen molar-refractivity contribution in [3.05, 3.63) is 29.3 Å². The fourth-order valence-electron chi connectivity index (χ4n) is 1.82. The molecule has 132 valence electrons. The van der Waals surface area contributed by atoms with Crippen LogP contribution in [0, 0.1) is 0 Å². The van der Waals surface area contributed by atoms with E-state index in [0.29, 0.717) is 0 Å². The van der Waals surface area contributed by atoms with Gasteiger partial charge in [-0.05, 0) is 65.2 Å². The Bertz CT molecular complexity index is 618. The van der Waals surface area contributed by atoms with Crippen LogP contribution in [0.1, 0.15) is 62.3 Å². The van der Waals surface area contributed by atoms with E-state index in [-0.39, 0.29) is 16.6 Å². The lowest BCUT2D eigenvalue weighted by molar-refractivity contribution is 0.00527. The number of benzene rings is 1. The molecule has 0 heterocycles. The lowest BCUT2D eigenvalue weighted by atomic mass is 9.76. The minimum Gasteiger partial charge on any atom is -0.456 e. The van der Waals surface area contributed by atoms with Crippen molar-refractivity contribution in [2.45, 2.75) is 52.7 Å². The van der Waals surface area contributed by atoms with Gasteiger partial charge in [0.15, 0.2) is 0 Å². The van der Waals surface area contributed by atoms with Gasteiger partial charge in [0.25, 0.3) is 0 Å². The molecule has 0 aliphatic rings. The largest absolute Gasteiger partial charge is 0.509 e. The lowest BCUT2D eigenvalue weighted by Crippen LogP contribution is -2.41. The molecule has 0 fully saturated rings. The topological polar surface area (TPSA) is 108 Å². The van der Waals surface area contributed by atoms with Crippen LogP contribution in [0.5, 0.6) is 0 Å². The molecule has 1 aromatic carbocycles. The quantitative estimate of drug-likeness (QED) is 0.482. The van der Waals surface area contributed by atoms with Gasteiger partial charge in [-0.1, -0.05) is 0 Å². The molecular weight excluding hydrogens is 313 g/mol. The highest BCUT2D eigenvalue weighted by Crippen LogP contribution is 2.15. The van der Waals surface area contributed by atoms with E-state index in [2.05, 4.69) is 4.76 Å². The summed E-state index contributed by atoms with van der Waals surface area (Å²) in [6.07, 6.45) is 0. The van der Waals surface area contributed by atoms with Crippen LogP contribution in [0.2, 0.25) is 0 Å².